The molecule has 2 atom stereocenters. The summed E-state index contributed by atoms with van der Waals surface area (Å²) in [5, 5.41) is 12.2. The lowest BCUT2D eigenvalue weighted by Crippen LogP contribution is -2.23. The van der Waals surface area contributed by atoms with E-state index in [0.29, 0.717) is 69.2 Å². The number of nitrogen functional groups attached to an aromatic ring is 2. The summed E-state index contributed by atoms with van der Waals surface area (Å²) in [6, 6.07) is 15.1. The number of anilines is 2. The molecule has 0 aliphatic rings. The second-order valence-corrected chi connectivity index (χ2v) is 19.7. The minimum atomic E-state index is -0.678. The molecule has 0 aliphatic carbocycles. The van der Waals surface area contributed by atoms with Crippen molar-refractivity contribution >= 4 is 67.7 Å². The van der Waals surface area contributed by atoms with Gasteiger partial charge in [-0.3, -0.25) is 18.4 Å². The second-order valence-electron chi connectivity index (χ2n) is 17.5. The molecule has 0 saturated carbocycles. The summed E-state index contributed by atoms with van der Waals surface area (Å²) in [4.78, 5) is 64.2. The van der Waals surface area contributed by atoms with Crippen molar-refractivity contribution in [3.8, 4) is 43.4 Å². The van der Waals surface area contributed by atoms with Crippen molar-refractivity contribution in [1.29, 1.82) is 0 Å². The van der Waals surface area contributed by atoms with E-state index in [9.17, 15) is 27.2 Å². The second kappa shape index (κ2) is 21.6. The van der Waals surface area contributed by atoms with Crippen molar-refractivity contribution in [3.05, 3.63) is 176 Å². The number of nitrogens with zero attached hydrogens (tertiary/aromatic N) is 14. The molecule has 4 N–H and O–H groups in total. The highest BCUT2D eigenvalue weighted by molar-refractivity contribution is 7.15. The van der Waals surface area contributed by atoms with Crippen LogP contribution in [0.5, 0.6) is 0 Å². The molecule has 26 heteroatoms. The first-order valence-electron chi connectivity index (χ1n) is 23.5. The third kappa shape index (κ3) is 9.81. The smallest absolute Gasteiger partial charge is 0.266 e. The van der Waals surface area contributed by atoms with Crippen molar-refractivity contribution in [2.45, 2.75) is 46.6 Å². The Hall–Kier alpha value is -9.24. The third-order valence-electron chi connectivity index (χ3n) is 12.5. The Morgan fingerprint density at radius 1 is 0.570 bits per heavy atom. The molecule has 12 aromatic rings. The number of hydrogen-bond donors (Lipinski definition) is 2. The van der Waals surface area contributed by atoms with Crippen LogP contribution in [0.2, 0.25) is 0 Å². The van der Waals surface area contributed by atoms with Crippen LogP contribution in [0.3, 0.4) is 0 Å². The molecule has 10 aromatic heterocycles. The van der Waals surface area contributed by atoms with Crippen LogP contribution in [-0.2, 0) is 22.7 Å². The van der Waals surface area contributed by atoms with Crippen LogP contribution in [0.15, 0.2) is 120 Å². The van der Waals surface area contributed by atoms with E-state index in [2.05, 4.69) is 29.9 Å². The molecule has 0 saturated heterocycles. The number of pyridine rings is 2. The molecule has 2 aromatic carbocycles. The number of rotatable bonds is 12. The fourth-order valence-electron chi connectivity index (χ4n) is 9.02. The van der Waals surface area contributed by atoms with Gasteiger partial charge in [-0.2, -0.15) is 10.2 Å². The fraction of sp³-hybridized carbons (Fsp3) is 0.170. The largest absolute Gasteiger partial charge is 0.383 e. The average molecular weight is 1110 g/mol. The molecule has 400 valence electrons. The third-order valence-corrected chi connectivity index (χ3v) is 14.5. The highest BCUT2D eigenvalue weighted by Gasteiger charge is 2.29. The summed E-state index contributed by atoms with van der Waals surface area (Å²) in [6.07, 6.45) is 8.12. The Bertz CT molecular complexity index is 4150. The fourth-order valence-corrected chi connectivity index (χ4v) is 10.8. The molecular formula is C53H44F4N16O4S2. The molecule has 20 nitrogen and oxygen atoms in total. The number of methoxy groups -OCH3 is 2. The zero-order chi connectivity index (χ0) is 54.5. The first-order chi connectivity index (χ1) is 37.7. The van der Waals surface area contributed by atoms with E-state index >= 15 is 0 Å². The Morgan fingerprint density at radius 3 is 1.38 bits per heavy atom. The van der Waals surface area contributed by atoms with Gasteiger partial charge in [0, 0.05) is 39.0 Å². The van der Waals surface area contributed by atoms with Crippen LogP contribution < -0.4 is 22.6 Å². The molecular weight excluding hydrogens is 1060 g/mol. The Labute approximate surface area is 452 Å². The van der Waals surface area contributed by atoms with Gasteiger partial charge in [-0.15, -0.1) is 22.7 Å². The molecule has 10 heterocycles. The number of thiazole rings is 2. The maximum atomic E-state index is 14.3. The van der Waals surface area contributed by atoms with Gasteiger partial charge in [0.1, 0.15) is 80.3 Å². The highest BCUT2D eigenvalue weighted by atomic mass is 32.1. The molecule has 0 radical (unpaired) electrons. The van der Waals surface area contributed by atoms with Crippen LogP contribution in [0, 0.1) is 23.3 Å². The SMILES string of the molecule is C.COCc1ncc(-c2nn([C@@H](C)c3nc4ccc(F)cn4c(=O)c3-c3cccc(F)c3)c3ncnc(N)c23)s1.COCc1ncc(-c2nn([C@H](C)c3nc4ccc(F)cn4c(=O)c3-c3cccc(F)c3)c3ncnc(N)c23)s1. The molecule has 0 unspecified atom stereocenters. The molecule has 0 bridgehead atoms. The van der Waals surface area contributed by atoms with Gasteiger partial charge in [0.2, 0.25) is 0 Å². The zero-order valence-corrected chi connectivity index (χ0v) is 43.0. The average Bonchev–Trinajstić information content (AvgIpc) is 4.47. The number of aromatic nitrogens is 14. The van der Waals surface area contributed by atoms with Crippen molar-refractivity contribution in [2.75, 3.05) is 25.7 Å². The van der Waals surface area contributed by atoms with Crippen LogP contribution in [0.25, 0.3) is 76.8 Å². The highest BCUT2D eigenvalue weighted by Crippen LogP contribution is 2.39. The number of halogens is 4. The van der Waals surface area contributed by atoms with Crippen LogP contribution in [0.1, 0.15) is 54.8 Å². The summed E-state index contributed by atoms with van der Waals surface area (Å²) >= 11 is 2.79. The first-order valence-corrected chi connectivity index (χ1v) is 25.1. The minimum Gasteiger partial charge on any atom is -0.383 e. The van der Waals surface area contributed by atoms with E-state index < -0.39 is 46.5 Å². The minimum absolute atomic E-state index is 0. The van der Waals surface area contributed by atoms with E-state index in [-0.39, 0.29) is 41.5 Å². The van der Waals surface area contributed by atoms with E-state index in [4.69, 9.17) is 41.1 Å². The lowest BCUT2D eigenvalue weighted by atomic mass is 10.0. The monoisotopic (exact) mass is 1110 g/mol. The van der Waals surface area contributed by atoms with Crippen molar-refractivity contribution in [1.82, 2.24) is 68.2 Å². The summed E-state index contributed by atoms with van der Waals surface area (Å²) < 4.78 is 72.5. The standard InChI is InChI=1S/2C26H20F2N8O2S.CH4/c2*1-13(36-25-21(24(29)31-12-32-25)23(34-36)17-9-30-19(39-17)11-38-2)22-20(14-4-3-5-15(27)8-14)26(37)35-10-16(28)6-7-18(35)33-22;/h2*3-10,12-13H,11H2,1-2H3,(H2,29,31,32);1H4/t2*13-;/m10./s1. The van der Waals surface area contributed by atoms with Crippen LogP contribution in [-0.4, -0.2) is 82.5 Å². The molecule has 79 heavy (non-hydrogen) atoms. The zero-order valence-electron chi connectivity index (χ0n) is 41.3. The van der Waals surface area contributed by atoms with E-state index in [0.717, 1.165) is 41.0 Å². The van der Waals surface area contributed by atoms with Crippen LogP contribution in [0.4, 0.5) is 29.2 Å². The summed E-state index contributed by atoms with van der Waals surface area (Å²) in [7, 11) is 3.17. The number of ether oxygens (including phenoxy) is 2. The lowest BCUT2D eigenvalue weighted by molar-refractivity contribution is 0.184. The number of hydrogen-bond acceptors (Lipinski definition) is 18. The Kier molecular flexibility index (Phi) is 14.6. The van der Waals surface area contributed by atoms with Gasteiger partial charge in [0.15, 0.2) is 11.3 Å². The Balaban J connectivity index is 0.000000176. The predicted molar refractivity (Wildman–Crippen MR) is 291 cm³/mol. The normalized spacial score (nSPS) is 12.3. The predicted octanol–water partition coefficient (Wildman–Crippen LogP) is 9.12. The molecule has 0 aliphatic heterocycles. The molecule has 0 amide bonds. The summed E-state index contributed by atoms with van der Waals surface area (Å²) in [5.74, 6) is -1.82. The Morgan fingerprint density at radius 2 is 0.987 bits per heavy atom. The number of nitrogens with two attached hydrogens (primary N) is 2. The quantitative estimate of drug-likeness (QED) is 0.108. The van der Waals surface area contributed by atoms with Crippen molar-refractivity contribution in [2.24, 2.45) is 0 Å². The first kappa shape index (κ1) is 53.2. The van der Waals surface area contributed by atoms with Gasteiger partial charge in [-0.1, -0.05) is 31.7 Å². The topological polar surface area (TPSA) is 252 Å². The van der Waals surface area contributed by atoms with Crippen molar-refractivity contribution in [3.63, 3.8) is 0 Å². The van der Waals surface area contributed by atoms with Crippen LogP contribution >= 0.6 is 22.7 Å². The van der Waals surface area contributed by atoms with Gasteiger partial charge in [0.25, 0.3) is 11.1 Å². The number of fused-ring (bicyclic) bond motifs is 4. The van der Waals surface area contributed by atoms with Gasteiger partial charge in [0.05, 0.1) is 68.3 Å². The maximum absolute atomic E-state index is 14.3. The van der Waals surface area contributed by atoms with Gasteiger partial charge >= 0.3 is 0 Å². The van der Waals surface area contributed by atoms with E-state index in [1.165, 1.54) is 96.0 Å². The lowest BCUT2D eigenvalue weighted by Gasteiger charge is -2.18. The van der Waals surface area contributed by atoms with Gasteiger partial charge in [-0.05, 0) is 73.5 Å². The molecule has 12 rings (SSSR count). The maximum Gasteiger partial charge on any atom is 0.266 e. The number of benzene rings is 2. The molecule has 0 fully saturated rings. The van der Waals surface area contributed by atoms with E-state index in [1.807, 2.05) is 0 Å². The van der Waals surface area contributed by atoms with E-state index in [1.54, 1.807) is 62.0 Å². The summed E-state index contributed by atoms with van der Waals surface area (Å²) in [5.41, 5.74) is 15.2. The molecule has 0 spiro atoms. The summed E-state index contributed by atoms with van der Waals surface area (Å²) in [6.45, 7) is 4.27. The van der Waals surface area contributed by atoms with Crippen molar-refractivity contribution < 1.29 is 27.0 Å². The van der Waals surface area contributed by atoms with Gasteiger partial charge < -0.3 is 20.9 Å². The van der Waals surface area contributed by atoms with Gasteiger partial charge in [-0.25, -0.2) is 66.8 Å².